The molecule has 0 bridgehead atoms. The molecule has 0 aromatic rings. The van der Waals surface area contributed by atoms with Gasteiger partial charge >= 0.3 is 0 Å². The van der Waals surface area contributed by atoms with Crippen molar-refractivity contribution in [2.75, 3.05) is 0 Å². The van der Waals surface area contributed by atoms with Gasteiger partial charge in [0.15, 0.2) is 0 Å². The summed E-state index contributed by atoms with van der Waals surface area (Å²) >= 11 is 0. The van der Waals surface area contributed by atoms with Gasteiger partial charge in [-0.3, -0.25) is 29.4 Å². The zero-order valence-electron chi connectivity index (χ0n) is 11.9. The first-order valence-electron chi connectivity index (χ1n) is 7.05. The number of carbonyl (C=O) groups is 4. The number of hydrogen-bond acceptors (Lipinski definition) is 4. The molecule has 1 aliphatic carbocycles. The monoisotopic (exact) mass is 288 g/mol. The van der Waals surface area contributed by atoms with Crippen molar-refractivity contribution in [3.05, 3.63) is 23.3 Å². The maximum Gasteiger partial charge on any atom is 0.261 e. The molecule has 6 nitrogen and oxygen atoms in total. The summed E-state index contributed by atoms with van der Waals surface area (Å²) in [5, 5.41) is 2.19. The van der Waals surface area contributed by atoms with Crippen molar-refractivity contribution < 1.29 is 19.2 Å². The Hall–Kier alpha value is -2.24. The average molecular weight is 288 g/mol. The summed E-state index contributed by atoms with van der Waals surface area (Å²) in [6.45, 7) is 3.89. The van der Waals surface area contributed by atoms with Crippen LogP contribution in [0.2, 0.25) is 0 Å². The van der Waals surface area contributed by atoms with Gasteiger partial charge in [0.25, 0.3) is 11.8 Å². The number of nitrogens with one attached hydrogen (secondary N) is 1. The van der Waals surface area contributed by atoms with E-state index in [9.17, 15) is 19.2 Å². The van der Waals surface area contributed by atoms with Crippen LogP contribution in [0.3, 0.4) is 0 Å². The van der Waals surface area contributed by atoms with Gasteiger partial charge in [0.2, 0.25) is 11.8 Å². The van der Waals surface area contributed by atoms with E-state index in [2.05, 4.69) is 5.32 Å². The molecule has 0 aromatic heterocycles. The van der Waals surface area contributed by atoms with Gasteiger partial charge in [0.05, 0.1) is 0 Å². The highest BCUT2D eigenvalue weighted by Gasteiger charge is 2.47. The van der Waals surface area contributed by atoms with Crippen LogP contribution < -0.4 is 5.32 Å². The molecular formula is C15H16N2O4. The van der Waals surface area contributed by atoms with Gasteiger partial charge < -0.3 is 0 Å². The van der Waals surface area contributed by atoms with Gasteiger partial charge in [0.1, 0.15) is 6.04 Å². The van der Waals surface area contributed by atoms with Gasteiger partial charge in [-0.1, -0.05) is 26.0 Å². The normalized spacial score (nSPS) is 32.7. The molecular weight excluding hydrogens is 272 g/mol. The lowest BCUT2D eigenvalue weighted by molar-refractivity contribution is -0.150. The zero-order chi connectivity index (χ0) is 15.3. The van der Waals surface area contributed by atoms with E-state index in [1.807, 2.05) is 19.9 Å². The van der Waals surface area contributed by atoms with Gasteiger partial charge in [-0.25, -0.2) is 0 Å². The molecule has 21 heavy (non-hydrogen) atoms. The molecule has 110 valence electrons. The number of hydrogen-bond donors (Lipinski definition) is 1. The molecule has 2 heterocycles. The standard InChI is InChI=1S/C15H16N2O4/c1-7-3-4-9-12(8(7)2)15(21)17(14(9)20)10-5-6-11(18)16-13(10)19/h3-4,7-8,10H,5-6H2,1-2H3,(H,16,18,19). The van der Waals surface area contributed by atoms with Crippen molar-refractivity contribution >= 4 is 23.6 Å². The van der Waals surface area contributed by atoms with Crippen LogP contribution in [0.15, 0.2) is 23.3 Å². The van der Waals surface area contributed by atoms with Crippen LogP contribution in [0.5, 0.6) is 0 Å². The van der Waals surface area contributed by atoms with Crippen LogP contribution in [0.4, 0.5) is 0 Å². The second-order valence-corrected chi connectivity index (χ2v) is 5.78. The van der Waals surface area contributed by atoms with E-state index in [0.717, 1.165) is 4.90 Å². The molecule has 3 atom stereocenters. The lowest BCUT2D eigenvalue weighted by Crippen LogP contribution is -2.54. The third kappa shape index (κ3) is 1.93. The van der Waals surface area contributed by atoms with Crippen LogP contribution in [0, 0.1) is 11.8 Å². The largest absolute Gasteiger partial charge is 0.295 e. The predicted octanol–water partition coefficient (Wildman–Crippen LogP) is 0.299. The SMILES string of the molecule is CC1C=CC2=C(C(=O)N(C3CCC(=O)NC3=O)C2=O)C1C. The lowest BCUT2D eigenvalue weighted by atomic mass is 9.82. The average Bonchev–Trinajstić information content (AvgIpc) is 2.67. The van der Waals surface area contributed by atoms with E-state index in [0.29, 0.717) is 11.1 Å². The second kappa shape index (κ2) is 4.65. The predicted molar refractivity (Wildman–Crippen MR) is 72.5 cm³/mol. The smallest absolute Gasteiger partial charge is 0.261 e. The van der Waals surface area contributed by atoms with Crippen molar-refractivity contribution in [3.63, 3.8) is 0 Å². The van der Waals surface area contributed by atoms with Crippen molar-refractivity contribution in [3.8, 4) is 0 Å². The first kappa shape index (κ1) is 13.7. The number of piperidine rings is 1. The molecule has 0 aromatic carbocycles. The minimum Gasteiger partial charge on any atom is -0.295 e. The Morgan fingerprint density at radius 1 is 1.14 bits per heavy atom. The molecule has 3 aliphatic rings. The fourth-order valence-corrected chi connectivity index (χ4v) is 3.07. The quantitative estimate of drug-likeness (QED) is 0.703. The lowest BCUT2D eigenvalue weighted by Gasteiger charge is -2.28. The Balaban J connectivity index is 1.93. The van der Waals surface area contributed by atoms with E-state index >= 15 is 0 Å². The number of rotatable bonds is 1. The first-order valence-corrected chi connectivity index (χ1v) is 7.05. The van der Waals surface area contributed by atoms with Crippen LogP contribution in [0.1, 0.15) is 26.7 Å². The number of carbonyl (C=O) groups excluding carboxylic acids is 4. The summed E-state index contributed by atoms with van der Waals surface area (Å²) in [4.78, 5) is 49.2. The van der Waals surface area contributed by atoms with Crippen molar-refractivity contribution in [1.82, 2.24) is 10.2 Å². The third-order valence-electron chi connectivity index (χ3n) is 4.52. The molecule has 0 spiro atoms. The van der Waals surface area contributed by atoms with E-state index < -0.39 is 23.8 Å². The summed E-state index contributed by atoms with van der Waals surface area (Å²) < 4.78 is 0. The number of allylic oxidation sites excluding steroid dienone is 1. The van der Waals surface area contributed by atoms with Crippen molar-refractivity contribution in [2.45, 2.75) is 32.7 Å². The van der Waals surface area contributed by atoms with E-state index in [4.69, 9.17) is 0 Å². The van der Waals surface area contributed by atoms with Crippen molar-refractivity contribution in [1.29, 1.82) is 0 Å². The Labute approximate surface area is 121 Å². The minimum atomic E-state index is -0.885. The summed E-state index contributed by atoms with van der Waals surface area (Å²) in [7, 11) is 0. The molecule has 0 radical (unpaired) electrons. The molecule has 1 fully saturated rings. The fraction of sp³-hybridized carbons (Fsp3) is 0.467. The topological polar surface area (TPSA) is 83.6 Å². The molecule has 0 saturated carbocycles. The van der Waals surface area contributed by atoms with Crippen LogP contribution in [0.25, 0.3) is 0 Å². The maximum atomic E-state index is 12.6. The molecule has 2 aliphatic heterocycles. The minimum absolute atomic E-state index is 0.0558. The fourth-order valence-electron chi connectivity index (χ4n) is 3.07. The Morgan fingerprint density at radius 3 is 2.52 bits per heavy atom. The highest BCUT2D eigenvalue weighted by Crippen LogP contribution is 2.37. The molecule has 4 amide bonds. The maximum absolute atomic E-state index is 12.6. The summed E-state index contributed by atoms with van der Waals surface area (Å²) in [6.07, 6.45) is 3.91. The number of amides is 4. The first-order chi connectivity index (χ1) is 9.91. The molecule has 1 N–H and O–H groups in total. The van der Waals surface area contributed by atoms with E-state index in [-0.39, 0.29) is 30.6 Å². The molecule has 3 rings (SSSR count). The third-order valence-corrected chi connectivity index (χ3v) is 4.52. The molecule has 6 heteroatoms. The van der Waals surface area contributed by atoms with Crippen LogP contribution >= 0.6 is 0 Å². The van der Waals surface area contributed by atoms with Gasteiger partial charge in [0, 0.05) is 17.6 Å². The Morgan fingerprint density at radius 2 is 1.86 bits per heavy atom. The highest BCUT2D eigenvalue weighted by molar-refractivity contribution is 6.23. The van der Waals surface area contributed by atoms with Crippen LogP contribution in [-0.2, 0) is 19.2 Å². The second-order valence-electron chi connectivity index (χ2n) is 5.78. The van der Waals surface area contributed by atoms with Gasteiger partial charge in [-0.15, -0.1) is 0 Å². The Kier molecular flexibility index (Phi) is 3.04. The summed E-state index contributed by atoms with van der Waals surface area (Å²) in [6, 6.07) is -0.885. The summed E-state index contributed by atoms with van der Waals surface area (Å²) in [5.41, 5.74) is 0.870. The zero-order valence-corrected chi connectivity index (χ0v) is 11.9. The Bertz CT molecular complexity index is 632. The van der Waals surface area contributed by atoms with Gasteiger partial charge in [-0.2, -0.15) is 0 Å². The molecule has 1 saturated heterocycles. The summed E-state index contributed by atoms with van der Waals surface area (Å²) in [5.74, 6) is -1.65. The number of nitrogens with zero attached hydrogens (tertiary/aromatic N) is 1. The van der Waals surface area contributed by atoms with E-state index in [1.54, 1.807) is 6.08 Å². The number of imide groups is 2. The molecule has 3 unspecified atom stereocenters. The van der Waals surface area contributed by atoms with Gasteiger partial charge in [-0.05, 0) is 18.3 Å². The van der Waals surface area contributed by atoms with E-state index in [1.165, 1.54) is 0 Å². The highest BCUT2D eigenvalue weighted by atomic mass is 16.2. The van der Waals surface area contributed by atoms with Crippen molar-refractivity contribution in [2.24, 2.45) is 11.8 Å². The van der Waals surface area contributed by atoms with Crippen LogP contribution in [-0.4, -0.2) is 34.6 Å².